The Balaban J connectivity index is 1.37. The number of carbonyl (C=O) groups excluding carboxylic acids is 1. The second-order valence-electron chi connectivity index (χ2n) is 13.5. The van der Waals surface area contributed by atoms with Crippen LogP contribution in [0, 0.1) is 5.92 Å². The molecule has 2 aromatic carbocycles. The molecule has 3 aliphatic rings. The van der Waals surface area contributed by atoms with Gasteiger partial charge in [0.2, 0.25) is 0 Å². The van der Waals surface area contributed by atoms with Crippen molar-refractivity contribution in [3.63, 3.8) is 0 Å². The monoisotopic (exact) mass is 609 g/mol. The maximum atomic E-state index is 13.6. The fraction of sp³-hybridized carbons (Fsp3) is 0.500. The van der Waals surface area contributed by atoms with Crippen LogP contribution in [0.1, 0.15) is 66.4 Å². The predicted octanol–water partition coefficient (Wildman–Crippen LogP) is 5.20. The van der Waals surface area contributed by atoms with E-state index in [1.807, 2.05) is 4.68 Å². The molecule has 0 bridgehead atoms. The van der Waals surface area contributed by atoms with Crippen molar-refractivity contribution in [3.8, 4) is 11.1 Å². The second-order valence-corrected chi connectivity index (χ2v) is 13.5. The second kappa shape index (κ2) is 12.3. The number of fused-ring (bicyclic) bond motifs is 10. The lowest BCUT2D eigenvalue weighted by molar-refractivity contribution is 0.0582. The Kier molecular flexibility index (Phi) is 8.18. The predicted molar refractivity (Wildman–Crippen MR) is 181 cm³/mol. The van der Waals surface area contributed by atoms with Crippen molar-refractivity contribution in [2.75, 3.05) is 46.4 Å². The van der Waals surface area contributed by atoms with Crippen LogP contribution >= 0.6 is 0 Å². The average molecular weight is 610 g/mol. The van der Waals surface area contributed by atoms with Crippen molar-refractivity contribution in [1.82, 2.24) is 34.9 Å². The van der Waals surface area contributed by atoms with Crippen LogP contribution in [0.15, 0.2) is 31.0 Å². The molecule has 0 atom stereocenters. The van der Waals surface area contributed by atoms with Gasteiger partial charge in [0.15, 0.2) is 0 Å². The molecule has 1 amide bonds. The Morgan fingerprint density at radius 2 is 1.98 bits per heavy atom. The van der Waals surface area contributed by atoms with Crippen LogP contribution in [-0.4, -0.2) is 76.4 Å². The molecule has 7 rings (SSSR count). The van der Waals surface area contributed by atoms with E-state index in [0.717, 1.165) is 97.7 Å². The van der Waals surface area contributed by atoms with Crippen LogP contribution < -0.4 is 10.8 Å². The number of hydrogen-bond acceptors (Lipinski definition) is 6. The number of hydroxylamine groups is 1. The highest BCUT2D eigenvalue weighted by molar-refractivity contribution is 6.19. The lowest BCUT2D eigenvalue weighted by atomic mass is 9.82. The highest BCUT2D eigenvalue weighted by atomic mass is 16.6. The fourth-order valence-corrected chi connectivity index (χ4v) is 7.55. The third kappa shape index (κ3) is 5.45. The molecule has 9 heteroatoms. The first-order valence-corrected chi connectivity index (χ1v) is 16.8. The molecule has 4 heterocycles. The lowest BCUT2D eigenvalue weighted by Crippen LogP contribution is -2.30. The van der Waals surface area contributed by atoms with Gasteiger partial charge in [0.1, 0.15) is 0 Å². The van der Waals surface area contributed by atoms with Crippen LogP contribution in [0.3, 0.4) is 0 Å². The normalized spacial score (nSPS) is 17.0. The van der Waals surface area contributed by atoms with E-state index in [2.05, 4.69) is 84.0 Å². The van der Waals surface area contributed by atoms with E-state index >= 15 is 0 Å². The minimum Gasteiger partial charge on any atom is -0.348 e. The highest BCUT2D eigenvalue weighted by Gasteiger charge is 2.35. The number of aromatic nitrogens is 3. The maximum Gasteiger partial charge on any atom is 0.252 e. The minimum absolute atomic E-state index is 0.0246. The summed E-state index contributed by atoms with van der Waals surface area (Å²) in [6, 6.07) is 6.63. The molecule has 45 heavy (non-hydrogen) atoms. The van der Waals surface area contributed by atoms with Gasteiger partial charge in [-0.25, -0.2) is 0 Å². The standard InChI is InChI=1S/C36H47N7O2/c1-6-42-21-29-30(38-42)11-10-26-32(29)34-28(20-37-36(34)44)33-27-19-25(24(4)39-45-22-23(2)3)9-12-31(27)43(35(26)33)16-8-15-41-14-7-13-40(5)17-18-41/h9,12,19,21,23,39H,4,6-8,10-11,13-18,20,22H2,1-3,5H3,(H,37,44). The summed E-state index contributed by atoms with van der Waals surface area (Å²) in [6.45, 7) is 19.2. The van der Waals surface area contributed by atoms with E-state index in [1.165, 1.54) is 40.3 Å². The summed E-state index contributed by atoms with van der Waals surface area (Å²) in [4.78, 5) is 24.4. The molecule has 0 radical (unpaired) electrons. The maximum absolute atomic E-state index is 13.6. The fourth-order valence-electron chi connectivity index (χ4n) is 7.55. The Bertz CT molecular complexity index is 1780. The molecule has 2 aliphatic heterocycles. The van der Waals surface area contributed by atoms with Gasteiger partial charge in [0.25, 0.3) is 5.91 Å². The number of likely N-dealkylation sites (N-methyl/N-ethyl adjacent to an activating group) is 1. The van der Waals surface area contributed by atoms with Gasteiger partial charge in [0, 0.05) is 71.9 Å². The summed E-state index contributed by atoms with van der Waals surface area (Å²) in [6.07, 6.45) is 6.21. The number of carbonyl (C=O) groups is 1. The van der Waals surface area contributed by atoms with Crippen molar-refractivity contribution in [1.29, 1.82) is 0 Å². The number of benzene rings is 2. The summed E-state index contributed by atoms with van der Waals surface area (Å²) in [5.74, 6) is 0.446. The van der Waals surface area contributed by atoms with Crippen molar-refractivity contribution in [3.05, 3.63) is 58.9 Å². The summed E-state index contributed by atoms with van der Waals surface area (Å²) in [5.41, 5.74) is 13.9. The summed E-state index contributed by atoms with van der Waals surface area (Å²) in [5, 5.41) is 10.5. The van der Waals surface area contributed by atoms with Gasteiger partial charge in [0.05, 0.1) is 29.1 Å². The molecular weight excluding hydrogens is 562 g/mol. The number of aryl methyl sites for hydroxylation is 4. The largest absolute Gasteiger partial charge is 0.348 e. The Morgan fingerprint density at radius 3 is 2.80 bits per heavy atom. The van der Waals surface area contributed by atoms with Crippen molar-refractivity contribution in [2.45, 2.75) is 66.1 Å². The molecular formula is C36H47N7O2. The summed E-state index contributed by atoms with van der Waals surface area (Å²) >= 11 is 0. The van der Waals surface area contributed by atoms with Gasteiger partial charge in [-0.05, 0) is 88.5 Å². The first kappa shape index (κ1) is 30.0. The van der Waals surface area contributed by atoms with E-state index < -0.39 is 0 Å². The molecule has 1 saturated heterocycles. The SMILES string of the molecule is C=C(NOCC(C)C)c1ccc2c(c1)c1c3c(c4c(c1n2CCCN1CCCN(C)CC1)CCc1nn(CC)cc1-4)C(=O)NC3. The minimum atomic E-state index is 0.0246. The Labute approximate surface area is 266 Å². The van der Waals surface area contributed by atoms with E-state index in [1.54, 1.807) is 0 Å². The zero-order valence-corrected chi connectivity index (χ0v) is 27.3. The molecule has 2 N–H and O–H groups in total. The van der Waals surface area contributed by atoms with Gasteiger partial charge in [-0.3, -0.25) is 19.8 Å². The topological polar surface area (TPSA) is 79.6 Å². The van der Waals surface area contributed by atoms with Crippen LogP contribution in [0.5, 0.6) is 0 Å². The highest BCUT2D eigenvalue weighted by Crippen LogP contribution is 2.47. The molecule has 2 aromatic heterocycles. The van der Waals surface area contributed by atoms with E-state index in [4.69, 9.17) is 9.94 Å². The zero-order chi connectivity index (χ0) is 31.2. The number of hydrogen-bond donors (Lipinski definition) is 2. The van der Waals surface area contributed by atoms with E-state index in [-0.39, 0.29) is 5.91 Å². The third-order valence-corrected chi connectivity index (χ3v) is 9.83. The average Bonchev–Trinajstić information content (AvgIpc) is 3.67. The summed E-state index contributed by atoms with van der Waals surface area (Å²) < 4.78 is 4.57. The Morgan fingerprint density at radius 1 is 1.11 bits per heavy atom. The van der Waals surface area contributed by atoms with Gasteiger partial charge in [-0.1, -0.05) is 26.5 Å². The van der Waals surface area contributed by atoms with Crippen LogP contribution in [0.4, 0.5) is 0 Å². The van der Waals surface area contributed by atoms with E-state index in [9.17, 15) is 4.79 Å². The van der Waals surface area contributed by atoms with Gasteiger partial charge in [-0.2, -0.15) is 5.10 Å². The summed E-state index contributed by atoms with van der Waals surface area (Å²) in [7, 11) is 2.23. The Hall–Kier alpha value is -3.66. The number of amides is 1. The van der Waals surface area contributed by atoms with Crippen molar-refractivity contribution >= 4 is 33.4 Å². The number of nitrogens with zero attached hydrogens (tertiary/aromatic N) is 5. The smallest absolute Gasteiger partial charge is 0.252 e. The van der Waals surface area contributed by atoms with Crippen molar-refractivity contribution in [2.24, 2.45) is 5.92 Å². The molecule has 9 nitrogen and oxygen atoms in total. The molecule has 1 aliphatic carbocycles. The van der Waals surface area contributed by atoms with Gasteiger partial charge in [-0.15, -0.1) is 0 Å². The first-order chi connectivity index (χ1) is 21.8. The molecule has 238 valence electrons. The van der Waals surface area contributed by atoms with Crippen molar-refractivity contribution < 1.29 is 9.63 Å². The molecule has 0 saturated carbocycles. The van der Waals surface area contributed by atoms with Crippen LogP contribution in [-0.2, 0) is 37.3 Å². The quantitative estimate of drug-likeness (QED) is 0.241. The van der Waals surface area contributed by atoms with Gasteiger partial charge < -0.3 is 19.7 Å². The van der Waals surface area contributed by atoms with Crippen LogP contribution in [0.25, 0.3) is 38.6 Å². The van der Waals surface area contributed by atoms with E-state index in [0.29, 0.717) is 19.1 Å². The first-order valence-electron chi connectivity index (χ1n) is 16.8. The lowest BCUT2D eigenvalue weighted by Gasteiger charge is -2.23. The number of rotatable bonds is 10. The number of nitrogens with one attached hydrogen (secondary N) is 2. The molecule has 4 aromatic rings. The van der Waals surface area contributed by atoms with Crippen LogP contribution in [0.2, 0.25) is 0 Å². The molecule has 0 spiro atoms. The zero-order valence-electron chi connectivity index (χ0n) is 27.3. The van der Waals surface area contributed by atoms with Gasteiger partial charge >= 0.3 is 0 Å². The molecule has 0 unspecified atom stereocenters. The molecule has 1 fully saturated rings. The third-order valence-electron chi connectivity index (χ3n) is 9.83.